The van der Waals surface area contributed by atoms with E-state index in [9.17, 15) is 19.5 Å². The average Bonchev–Trinajstić information content (AvgIpc) is 3.01. The van der Waals surface area contributed by atoms with Crippen LogP contribution < -0.4 is 5.56 Å². The third-order valence-corrected chi connectivity index (χ3v) is 4.71. The number of thiophene rings is 1. The SMILES string of the molecule is CCc1nc2scc(C(=O)O)c2c(=O)n1Cc1cccc(C(=O)O)c1. The van der Waals surface area contributed by atoms with Gasteiger partial charge in [-0.15, -0.1) is 11.3 Å². The molecule has 2 heterocycles. The Morgan fingerprint density at radius 2 is 2.00 bits per heavy atom. The van der Waals surface area contributed by atoms with Gasteiger partial charge in [-0.3, -0.25) is 9.36 Å². The standard InChI is InChI=1S/C17H14N2O5S/c1-2-12-18-14-13(11(8-25-14)17(23)24)15(20)19(12)7-9-4-3-5-10(6-9)16(21)22/h3-6,8H,2,7H2,1H3,(H,21,22)(H,23,24). The summed E-state index contributed by atoms with van der Waals surface area (Å²) in [6.07, 6.45) is 0.490. The molecule has 0 amide bonds. The van der Waals surface area contributed by atoms with E-state index in [-0.39, 0.29) is 23.1 Å². The van der Waals surface area contributed by atoms with Crippen molar-refractivity contribution in [2.24, 2.45) is 0 Å². The van der Waals surface area contributed by atoms with Gasteiger partial charge in [-0.1, -0.05) is 19.1 Å². The topological polar surface area (TPSA) is 109 Å². The van der Waals surface area contributed by atoms with E-state index in [1.807, 2.05) is 6.92 Å². The first-order valence-electron chi connectivity index (χ1n) is 7.48. The van der Waals surface area contributed by atoms with Crippen molar-refractivity contribution in [3.05, 3.63) is 62.5 Å². The van der Waals surface area contributed by atoms with Gasteiger partial charge in [0.15, 0.2) is 0 Å². The van der Waals surface area contributed by atoms with Crippen LogP contribution in [0.5, 0.6) is 0 Å². The predicted molar refractivity (Wildman–Crippen MR) is 92.7 cm³/mol. The number of hydrogen-bond donors (Lipinski definition) is 2. The van der Waals surface area contributed by atoms with E-state index in [1.165, 1.54) is 22.1 Å². The molecule has 2 aromatic heterocycles. The molecule has 3 rings (SSSR count). The predicted octanol–water partition coefficient (Wildman–Crippen LogP) is 2.47. The third kappa shape index (κ3) is 3.03. The number of rotatable bonds is 5. The Balaban J connectivity index is 2.18. The second kappa shape index (κ2) is 6.48. The Hall–Kier alpha value is -3.00. The summed E-state index contributed by atoms with van der Waals surface area (Å²) in [6.45, 7) is 1.98. The monoisotopic (exact) mass is 358 g/mol. The van der Waals surface area contributed by atoms with E-state index in [2.05, 4.69) is 4.98 Å². The minimum absolute atomic E-state index is 0.0619. The van der Waals surface area contributed by atoms with Crippen molar-refractivity contribution in [1.29, 1.82) is 0 Å². The van der Waals surface area contributed by atoms with Gasteiger partial charge in [0.1, 0.15) is 10.7 Å². The Labute approximate surface area is 145 Å². The van der Waals surface area contributed by atoms with Gasteiger partial charge in [-0.05, 0) is 17.7 Å². The minimum atomic E-state index is -1.17. The van der Waals surface area contributed by atoms with Gasteiger partial charge in [0.25, 0.3) is 5.56 Å². The molecule has 3 aromatic rings. The molecule has 0 unspecified atom stereocenters. The Morgan fingerprint density at radius 3 is 2.64 bits per heavy atom. The van der Waals surface area contributed by atoms with E-state index < -0.39 is 17.5 Å². The molecule has 0 saturated carbocycles. The number of carboxylic acids is 2. The number of carboxylic acid groups (broad SMARTS) is 2. The summed E-state index contributed by atoms with van der Waals surface area (Å²) in [5.74, 6) is -1.70. The van der Waals surface area contributed by atoms with Gasteiger partial charge in [-0.2, -0.15) is 0 Å². The number of aryl methyl sites for hydroxylation is 1. The van der Waals surface area contributed by atoms with E-state index in [0.29, 0.717) is 22.6 Å². The van der Waals surface area contributed by atoms with Crippen LogP contribution in [0, 0.1) is 0 Å². The van der Waals surface area contributed by atoms with Crippen LogP contribution in [0.1, 0.15) is 39.0 Å². The molecule has 0 radical (unpaired) electrons. The van der Waals surface area contributed by atoms with Crippen LogP contribution in [-0.4, -0.2) is 31.7 Å². The molecule has 0 saturated heterocycles. The van der Waals surface area contributed by atoms with E-state index >= 15 is 0 Å². The molecule has 25 heavy (non-hydrogen) atoms. The van der Waals surface area contributed by atoms with Gasteiger partial charge >= 0.3 is 11.9 Å². The van der Waals surface area contributed by atoms with E-state index in [0.717, 1.165) is 11.3 Å². The zero-order valence-electron chi connectivity index (χ0n) is 13.2. The number of carbonyl (C=O) groups is 2. The summed E-state index contributed by atoms with van der Waals surface area (Å²) >= 11 is 1.12. The van der Waals surface area contributed by atoms with Crippen molar-refractivity contribution >= 4 is 33.5 Å². The second-order valence-electron chi connectivity index (χ2n) is 5.41. The van der Waals surface area contributed by atoms with Crippen LogP contribution in [0.25, 0.3) is 10.2 Å². The summed E-state index contributed by atoms with van der Waals surface area (Å²) in [7, 11) is 0. The van der Waals surface area contributed by atoms with Crippen molar-refractivity contribution < 1.29 is 19.8 Å². The molecule has 8 heteroatoms. The maximum Gasteiger partial charge on any atom is 0.337 e. The van der Waals surface area contributed by atoms with Gasteiger partial charge < -0.3 is 10.2 Å². The molecule has 128 valence electrons. The first kappa shape index (κ1) is 16.8. The number of aromatic carboxylic acids is 2. The molecular weight excluding hydrogens is 344 g/mol. The smallest absolute Gasteiger partial charge is 0.337 e. The molecule has 1 aromatic carbocycles. The highest BCUT2D eigenvalue weighted by molar-refractivity contribution is 7.17. The highest BCUT2D eigenvalue weighted by atomic mass is 32.1. The molecule has 0 aliphatic carbocycles. The maximum atomic E-state index is 12.9. The zero-order chi connectivity index (χ0) is 18.1. The van der Waals surface area contributed by atoms with Gasteiger partial charge in [-0.25, -0.2) is 14.6 Å². The van der Waals surface area contributed by atoms with Crippen molar-refractivity contribution in [1.82, 2.24) is 9.55 Å². The van der Waals surface area contributed by atoms with Crippen molar-refractivity contribution in [3.8, 4) is 0 Å². The molecular formula is C17H14N2O5S. The maximum absolute atomic E-state index is 12.9. The lowest BCUT2D eigenvalue weighted by molar-refractivity contribution is 0.0687. The normalized spacial score (nSPS) is 10.9. The molecule has 0 aliphatic heterocycles. The number of hydrogen-bond acceptors (Lipinski definition) is 5. The van der Waals surface area contributed by atoms with Crippen molar-refractivity contribution in [3.63, 3.8) is 0 Å². The average molecular weight is 358 g/mol. The quantitative estimate of drug-likeness (QED) is 0.725. The van der Waals surface area contributed by atoms with Crippen LogP contribution in [0.2, 0.25) is 0 Å². The first-order chi connectivity index (χ1) is 11.9. The lowest BCUT2D eigenvalue weighted by Gasteiger charge is -2.12. The first-order valence-corrected chi connectivity index (χ1v) is 8.36. The molecule has 0 spiro atoms. The van der Waals surface area contributed by atoms with E-state index in [1.54, 1.807) is 12.1 Å². The van der Waals surface area contributed by atoms with Gasteiger partial charge in [0.05, 0.1) is 23.1 Å². The number of benzene rings is 1. The van der Waals surface area contributed by atoms with Gasteiger partial charge in [0.2, 0.25) is 0 Å². The Bertz CT molecular complexity index is 1050. The summed E-state index contributed by atoms with van der Waals surface area (Å²) in [4.78, 5) is 40.1. The number of fused-ring (bicyclic) bond motifs is 1. The Morgan fingerprint density at radius 1 is 1.24 bits per heavy atom. The molecule has 0 fully saturated rings. The molecule has 0 atom stereocenters. The molecule has 7 nitrogen and oxygen atoms in total. The number of nitrogens with zero attached hydrogens (tertiary/aromatic N) is 2. The minimum Gasteiger partial charge on any atom is -0.478 e. The number of aromatic nitrogens is 2. The highest BCUT2D eigenvalue weighted by Gasteiger charge is 2.19. The fraction of sp³-hybridized carbons (Fsp3) is 0.176. The zero-order valence-corrected chi connectivity index (χ0v) is 14.0. The van der Waals surface area contributed by atoms with Gasteiger partial charge in [0, 0.05) is 11.8 Å². The largest absolute Gasteiger partial charge is 0.478 e. The lowest BCUT2D eigenvalue weighted by atomic mass is 10.1. The molecule has 0 bridgehead atoms. The van der Waals surface area contributed by atoms with Crippen LogP contribution >= 0.6 is 11.3 Å². The van der Waals surface area contributed by atoms with Crippen LogP contribution in [0.3, 0.4) is 0 Å². The van der Waals surface area contributed by atoms with Crippen LogP contribution in [0.15, 0.2) is 34.4 Å². The van der Waals surface area contributed by atoms with Crippen LogP contribution in [0.4, 0.5) is 0 Å². The fourth-order valence-corrected chi connectivity index (χ4v) is 3.56. The lowest BCUT2D eigenvalue weighted by Crippen LogP contribution is -2.26. The molecule has 0 aliphatic rings. The summed E-state index contributed by atoms with van der Waals surface area (Å²) in [6, 6.07) is 6.28. The Kier molecular flexibility index (Phi) is 4.37. The summed E-state index contributed by atoms with van der Waals surface area (Å²) in [5.41, 5.74) is 0.263. The van der Waals surface area contributed by atoms with E-state index in [4.69, 9.17) is 5.11 Å². The highest BCUT2D eigenvalue weighted by Crippen LogP contribution is 2.22. The third-order valence-electron chi connectivity index (χ3n) is 3.83. The van der Waals surface area contributed by atoms with Crippen LogP contribution in [-0.2, 0) is 13.0 Å². The fourth-order valence-electron chi connectivity index (χ4n) is 2.64. The molecule has 2 N–H and O–H groups in total. The van der Waals surface area contributed by atoms with Crippen molar-refractivity contribution in [2.45, 2.75) is 19.9 Å². The summed E-state index contributed by atoms with van der Waals surface area (Å²) in [5, 5.41) is 19.9. The second-order valence-corrected chi connectivity index (χ2v) is 6.27. The summed E-state index contributed by atoms with van der Waals surface area (Å²) < 4.78 is 1.41. The van der Waals surface area contributed by atoms with Crippen molar-refractivity contribution in [2.75, 3.05) is 0 Å².